The summed E-state index contributed by atoms with van der Waals surface area (Å²) in [7, 11) is 1.08. The zero-order chi connectivity index (χ0) is 38.1. The molecule has 0 radical (unpaired) electrons. The summed E-state index contributed by atoms with van der Waals surface area (Å²) in [6.07, 6.45) is 26.1. The summed E-state index contributed by atoms with van der Waals surface area (Å²) >= 11 is 0. The Labute approximate surface area is 312 Å². The van der Waals surface area contributed by atoms with E-state index in [9.17, 15) is 28.5 Å². The van der Waals surface area contributed by atoms with Crippen LogP contribution in [-0.2, 0) is 27.9 Å². The lowest BCUT2D eigenvalue weighted by molar-refractivity contribution is -0.870. The van der Waals surface area contributed by atoms with E-state index in [2.05, 4.69) is 6.92 Å². The van der Waals surface area contributed by atoms with Gasteiger partial charge in [0, 0.05) is 12.8 Å². The number of alkyl halides is 1. The first-order valence-electron chi connectivity index (χ1n) is 20.8. The molecule has 51 heavy (non-hydrogen) atoms. The molecule has 2 unspecified atom stereocenters. The average Bonchev–Trinajstić information content (AvgIpc) is 3.07. The van der Waals surface area contributed by atoms with Gasteiger partial charge < -0.3 is 19.2 Å². The molecule has 9 nitrogen and oxygen atoms in total. The normalized spacial score (nSPS) is 14.3. The Morgan fingerprint density at radius 1 is 0.647 bits per heavy atom. The Morgan fingerprint density at radius 2 is 1.04 bits per heavy atom. The second kappa shape index (κ2) is 33.7. The van der Waals surface area contributed by atoms with E-state index in [1.807, 2.05) is 21.1 Å². The fourth-order valence-electron chi connectivity index (χ4n) is 6.13. The Balaban J connectivity index is 4.64. The van der Waals surface area contributed by atoms with Crippen molar-refractivity contribution in [2.75, 3.05) is 47.6 Å². The number of unbranched alkanes of at least 4 members (excludes halogenated alkanes) is 24. The molecule has 0 aliphatic heterocycles. The molecule has 0 aromatic rings. The second-order valence-electron chi connectivity index (χ2n) is 15.5. The number of carbonyl (C=O) groups is 2. The molecule has 2 N–H and O–H groups in total. The summed E-state index contributed by atoms with van der Waals surface area (Å²) in [5, 5.41) is 10.1. The van der Waals surface area contributed by atoms with Gasteiger partial charge in [-0.1, -0.05) is 155 Å². The van der Waals surface area contributed by atoms with Gasteiger partial charge in [0.1, 0.15) is 13.2 Å². The number of hydrogen-bond donors (Lipinski definition) is 2. The van der Waals surface area contributed by atoms with Crippen molar-refractivity contribution < 1.29 is 46.8 Å². The van der Waals surface area contributed by atoms with Crippen molar-refractivity contribution in [1.29, 1.82) is 0 Å². The third kappa shape index (κ3) is 33.4. The third-order valence-corrected chi connectivity index (χ3v) is 10.4. The molecule has 0 aliphatic rings. The van der Waals surface area contributed by atoms with Gasteiger partial charge in [-0.15, -0.1) is 0 Å². The van der Waals surface area contributed by atoms with Crippen molar-refractivity contribution in [2.45, 2.75) is 199 Å². The minimum Gasteiger partial charge on any atom is -0.457 e. The number of aliphatic hydroxyl groups is 1. The van der Waals surface area contributed by atoms with Crippen molar-refractivity contribution in [1.82, 2.24) is 0 Å². The SMILES string of the molecule is CCCCCCCCCCCCCCCC(=O)C(OP(=O)(O)OCC[N+](C)(C)C)[C@H](CO)OC(=O)CCCCCCCCCCCCCCCF. The molecule has 0 heterocycles. The van der Waals surface area contributed by atoms with Gasteiger partial charge in [-0.2, -0.15) is 0 Å². The summed E-state index contributed by atoms with van der Waals surface area (Å²) in [4.78, 5) is 36.5. The standard InChI is InChI=1S/C40H79FNO8P/c1-5-6-7-8-9-10-11-13-16-19-22-25-28-31-37(44)40(50-51(46,47)48-35-34-42(2,3)4)38(36-43)49-39(45)32-29-26-23-20-17-14-12-15-18-21-24-27-30-33-41/h38,40,43H,5-36H2,1-4H3/p+1/t38-,40?/m0/s1. The number of likely N-dealkylation sites (N-methyl/N-ethyl adjacent to an activating group) is 1. The number of hydrogen-bond acceptors (Lipinski definition) is 7. The first kappa shape index (κ1) is 50.1. The van der Waals surface area contributed by atoms with Gasteiger partial charge in [0.15, 0.2) is 18.0 Å². The largest absolute Gasteiger partial charge is 0.473 e. The number of esters is 1. The molecule has 0 amide bonds. The van der Waals surface area contributed by atoms with E-state index in [0.717, 1.165) is 57.8 Å². The van der Waals surface area contributed by atoms with Crippen LogP contribution in [0.2, 0.25) is 0 Å². The maximum atomic E-state index is 13.3. The Bertz CT molecular complexity index is 872. The van der Waals surface area contributed by atoms with Gasteiger partial charge in [0.05, 0.1) is 34.4 Å². The van der Waals surface area contributed by atoms with Crippen LogP contribution in [0, 0.1) is 0 Å². The topological polar surface area (TPSA) is 119 Å². The smallest absolute Gasteiger partial charge is 0.457 e. The van der Waals surface area contributed by atoms with Crippen molar-refractivity contribution in [3.8, 4) is 0 Å². The zero-order valence-corrected chi connectivity index (χ0v) is 34.3. The van der Waals surface area contributed by atoms with Gasteiger partial charge in [0.2, 0.25) is 0 Å². The quantitative estimate of drug-likeness (QED) is 0.0276. The molecule has 0 bridgehead atoms. The van der Waals surface area contributed by atoms with Gasteiger partial charge in [0.25, 0.3) is 0 Å². The maximum absolute atomic E-state index is 13.3. The lowest BCUT2D eigenvalue weighted by Gasteiger charge is -2.27. The molecule has 0 spiro atoms. The Kier molecular flexibility index (Phi) is 33.1. The minimum atomic E-state index is -4.67. The predicted octanol–water partition coefficient (Wildman–Crippen LogP) is 10.6. The van der Waals surface area contributed by atoms with Crippen LogP contribution in [0.1, 0.15) is 187 Å². The van der Waals surface area contributed by atoms with Gasteiger partial charge in [-0.05, 0) is 19.3 Å². The van der Waals surface area contributed by atoms with Gasteiger partial charge in [-0.25, -0.2) is 4.57 Å². The fourth-order valence-corrected chi connectivity index (χ4v) is 7.04. The van der Waals surface area contributed by atoms with Crippen LogP contribution in [0.25, 0.3) is 0 Å². The Hall–Kier alpha value is -0.900. The van der Waals surface area contributed by atoms with Gasteiger partial charge >= 0.3 is 13.8 Å². The molecular formula is C40H80FNO8P+. The van der Waals surface area contributed by atoms with Crippen molar-refractivity contribution in [3.63, 3.8) is 0 Å². The van der Waals surface area contributed by atoms with Gasteiger partial charge in [-0.3, -0.25) is 23.0 Å². The highest BCUT2D eigenvalue weighted by atomic mass is 31.2. The number of nitrogens with zero attached hydrogens (tertiary/aromatic N) is 1. The molecule has 0 saturated carbocycles. The van der Waals surface area contributed by atoms with E-state index in [4.69, 9.17) is 13.8 Å². The average molecular weight is 753 g/mol. The number of ether oxygens (including phenoxy) is 1. The van der Waals surface area contributed by atoms with E-state index in [-0.39, 0.29) is 26.1 Å². The highest BCUT2D eigenvalue weighted by molar-refractivity contribution is 7.47. The molecule has 0 aliphatic carbocycles. The molecule has 0 rings (SSSR count). The number of aliphatic hydroxyl groups excluding tert-OH is 1. The van der Waals surface area contributed by atoms with E-state index in [0.29, 0.717) is 30.3 Å². The maximum Gasteiger partial charge on any atom is 0.473 e. The van der Waals surface area contributed by atoms with Crippen LogP contribution in [0.4, 0.5) is 4.39 Å². The number of rotatable bonds is 39. The van der Waals surface area contributed by atoms with E-state index in [1.165, 1.54) is 89.9 Å². The van der Waals surface area contributed by atoms with E-state index >= 15 is 0 Å². The predicted molar refractivity (Wildman–Crippen MR) is 206 cm³/mol. The summed E-state index contributed by atoms with van der Waals surface area (Å²) in [5.74, 6) is -1.05. The van der Waals surface area contributed by atoms with Crippen LogP contribution >= 0.6 is 7.82 Å². The van der Waals surface area contributed by atoms with Crippen molar-refractivity contribution in [3.05, 3.63) is 0 Å². The number of quaternary nitrogens is 1. The number of Topliss-reactive ketones (excluding diaryl/α,β-unsaturated/α-hetero) is 1. The number of phosphoric acid groups is 1. The molecule has 11 heteroatoms. The second-order valence-corrected chi connectivity index (χ2v) is 17.0. The van der Waals surface area contributed by atoms with Crippen LogP contribution in [-0.4, -0.2) is 86.0 Å². The number of phosphoric ester groups is 1. The third-order valence-electron chi connectivity index (χ3n) is 9.42. The van der Waals surface area contributed by atoms with E-state index in [1.54, 1.807) is 0 Å². The molecule has 0 fully saturated rings. The molecular weight excluding hydrogens is 672 g/mol. The van der Waals surface area contributed by atoms with E-state index < -0.39 is 38.4 Å². The first-order valence-corrected chi connectivity index (χ1v) is 22.3. The first-order chi connectivity index (χ1) is 24.5. The van der Waals surface area contributed by atoms with Crippen molar-refractivity contribution >= 4 is 19.6 Å². The highest BCUT2D eigenvalue weighted by Gasteiger charge is 2.38. The highest BCUT2D eigenvalue weighted by Crippen LogP contribution is 2.45. The Morgan fingerprint density at radius 3 is 1.43 bits per heavy atom. The van der Waals surface area contributed by atoms with Crippen LogP contribution in [0.5, 0.6) is 0 Å². The number of ketones is 1. The minimum absolute atomic E-state index is 0.0662. The summed E-state index contributed by atoms with van der Waals surface area (Å²) in [5.41, 5.74) is 0. The summed E-state index contributed by atoms with van der Waals surface area (Å²) in [6, 6.07) is 0. The monoisotopic (exact) mass is 753 g/mol. The summed E-state index contributed by atoms with van der Waals surface area (Å²) < 4.78 is 41.4. The molecule has 0 aromatic heterocycles. The zero-order valence-electron chi connectivity index (χ0n) is 33.4. The molecule has 0 saturated heterocycles. The van der Waals surface area contributed by atoms with Crippen LogP contribution in [0.15, 0.2) is 0 Å². The molecule has 3 atom stereocenters. The molecule has 0 aromatic carbocycles. The molecule has 304 valence electrons. The summed E-state index contributed by atoms with van der Waals surface area (Å²) in [6.45, 7) is 1.69. The number of halogens is 1. The lowest BCUT2D eigenvalue weighted by atomic mass is 10.0. The van der Waals surface area contributed by atoms with Crippen molar-refractivity contribution in [2.24, 2.45) is 0 Å². The fraction of sp³-hybridized carbons (Fsp3) is 0.950. The van der Waals surface area contributed by atoms with Crippen LogP contribution in [0.3, 0.4) is 0 Å². The lowest BCUT2D eigenvalue weighted by Crippen LogP contribution is -2.42. The number of carbonyl (C=O) groups excluding carboxylic acids is 2. The van der Waals surface area contributed by atoms with Crippen LogP contribution < -0.4 is 0 Å².